The van der Waals surface area contributed by atoms with Crippen molar-refractivity contribution in [1.82, 2.24) is 9.55 Å². The molecule has 1 aromatic rings. The van der Waals surface area contributed by atoms with Crippen LogP contribution in [0.15, 0.2) is 0 Å². The summed E-state index contributed by atoms with van der Waals surface area (Å²) >= 11 is 0. The summed E-state index contributed by atoms with van der Waals surface area (Å²) in [6.07, 6.45) is 1.93. The monoisotopic (exact) mass is 268 g/mol. The maximum atomic E-state index is 11.0. The molecule has 0 radical (unpaired) electrons. The summed E-state index contributed by atoms with van der Waals surface area (Å²) in [5.41, 5.74) is 0.115. The van der Waals surface area contributed by atoms with Crippen LogP contribution in [0.1, 0.15) is 25.6 Å². The number of aryl methyl sites for hydroxylation is 1. The molecule has 1 fully saturated rings. The van der Waals surface area contributed by atoms with Crippen LogP contribution in [0.5, 0.6) is 0 Å². The Morgan fingerprint density at radius 2 is 2.16 bits per heavy atom. The predicted octanol–water partition coefficient (Wildman–Crippen LogP) is 1.87. The molecule has 1 aromatic heterocycles. The molecule has 7 nitrogen and oxygen atoms in total. The minimum absolute atomic E-state index is 0.101. The zero-order valence-electron chi connectivity index (χ0n) is 11.6. The molecule has 1 saturated heterocycles. The van der Waals surface area contributed by atoms with Crippen molar-refractivity contribution in [2.24, 2.45) is 12.5 Å². The van der Waals surface area contributed by atoms with Gasteiger partial charge in [0.2, 0.25) is 11.6 Å². The zero-order chi connectivity index (χ0) is 14.0. The van der Waals surface area contributed by atoms with Gasteiger partial charge in [-0.3, -0.25) is 4.57 Å². The first-order valence-electron chi connectivity index (χ1n) is 6.42. The number of hydrogen-bond donors (Lipinski definition) is 1. The number of rotatable bonds is 4. The average molecular weight is 268 g/mol. The number of ether oxygens (including phenoxy) is 1. The quantitative estimate of drug-likeness (QED) is 0.665. The third-order valence-corrected chi connectivity index (χ3v) is 3.86. The van der Waals surface area contributed by atoms with Crippen molar-refractivity contribution in [3.05, 3.63) is 15.9 Å². The maximum Gasteiger partial charge on any atom is 0.406 e. The normalized spacial score (nSPS) is 18.3. The highest BCUT2D eigenvalue weighted by atomic mass is 16.6. The smallest absolute Gasteiger partial charge is 0.381 e. The number of nitrogens with one attached hydrogen (secondary N) is 1. The molecule has 1 N–H and O–H groups in total. The van der Waals surface area contributed by atoms with E-state index in [-0.39, 0.29) is 11.2 Å². The van der Waals surface area contributed by atoms with E-state index in [9.17, 15) is 10.1 Å². The molecule has 0 spiro atoms. The number of anilines is 1. The van der Waals surface area contributed by atoms with Gasteiger partial charge in [-0.25, -0.2) is 0 Å². The Morgan fingerprint density at radius 3 is 2.74 bits per heavy atom. The predicted molar refractivity (Wildman–Crippen MR) is 71.2 cm³/mol. The fourth-order valence-corrected chi connectivity index (χ4v) is 2.26. The van der Waals surface area contributed by atoms with Crippen LogP contribution in [-0.2, 0) is 11.8 Å². The van der Waals surface area contributed by atoms with Crippen molar-refractivity contribution in [3.8, 4) is 0 Å². The molecule has 19 heavy (non-hydrogen) atoms. The molecule has 2 heterocycles. The molecule has 7 heteroatoms. The Balaban J connectivity index is 2.12. The third kappa shape index (κ3) is 2.86. The highest BCUT2D eigenvalue weighted by Gasteiger charge is 2.30. The Morgan fingerprint density at radius 1 is 1.53 bits per heavy atom. The molecule has 0 unspecified atom stereocenters. The van der Waals surface area contributed by atoms with Gasteiger partial charge < -0.3 is 20.2 Å². The van der Waals surface area contributed by atoms with E-state index in [0.717, 1.165) is 26.1 Å². The van der Waals surface area contributed by atoms with E-state index in [4.69, 9.17) is 4.74 Å². The molecular weight excluding hydrogens is 248 g/mol. The molecule has 1 aliphatic rings. The van der Waals surface area contributed by atoms with Crippen LogP contribution in [0.4, 0.5) is 11.6 Å². The van der Waals surface area contributed by atoms with Gasteiger partial charge in [-0.05, 0) is 28.2 Å². The highest BCUT2D eigenvalue weighted by Crippen LogP contribution is 2.31. The molecule has 0 saturated carbocycles. The van der Waals surface area contributed by atoms with Gasteiger partial charge in [0.25, 0.3) is 0 Å². The van der Waals surface area contributed by atoms with Gasteiger partial charge in [-0.15, -0.1) is 0 Å². The number of aromatic nitrogens is 2. The van der Waals surface area contributed by atoms with E-state index >= 15 is 0 Å². The SMILES string of the molecule is Cc1nc([N+](=O)[O-])c(NCC2(C)CCOCC2)n1C. The van der Waals surface area contributed by atoms with Crippen LogP contribution in [0.3, 0.4) is 0 Å². The Kier molecular flexibility index (Phi) is 3.75. The van der Waals surface area contributed by atoms with Crippen LogP contribution in [0, 0.1) is 22.5 Å². The molecule has 0 aliphatic carbocycles. The standard InChI is InChI=1S/C12H20N4O3/c1-9-14-11(16(17)18)10(15(9)3)13-8-12(2)4-6-19-7-5-12/h13H,4-8H2,1-3H3. The van der Waals surface area contributed by atoms with Crippen molar-refractivity contribution in [3.63, 3.8) is 0 Å². The van der Waals surface area contributed by atoms with Crippen molar-refractivity contribution in [2.75, 3.05) is 25.1 Å². The van der Waals surface area contributed by atoms with E-state index < -0.39 is 4.92 Å². The first-order valence-corrected chi connectivity index (χ1v) is 6.42. The second-order valence-electron chi connectivity index (χ2n) is 5.42. The Bertz CT molecular complexity index is 478. The molecule has 0 aromatic carbocycles. The number of nitrogens with zero attached hydrogens (tertiary/aromatic N) is 3. The second kappa shape index (κ2) is 5.16. The van der Waals surface area contributed by atoms with Crippen LogP contribution >= 0.6 is 0 Å². The number of imidazole rings is 1. The van der Waals surface area contributed by atoms with Gasteiger partial charge in [0.05, 0.1) is 0 Å². The average Bonchev–Trinajstić information content (AvgIpc) is 2.65. The van der Waals surface area contributed by atoms with Gasteiger partial charge in [0, 0.05) is 33.7 Å². The second-order valence-corrected chi connectivity index (χ2v) is 5.42. The van der Waals surface area contributed by atoms with Crippen molar-refractivity contribution < 1.29 is 9.66 Å². The summed E-state index contributed by atoms with van der Waals surface area (Å²) in [5.74, 6) is 1.01. The highest BCUT2D eigenvalue weighted by molar-refractivity contribution is 5.53. The number of nitro groups is 1. The van der Waals surface area contributed by atoms with Crippen LogP contribution in [0.25, 0.3) is 0 Å². The summed E-state index contributed by atoms with van der Waals surface area (Å²) in [6.45, 7) is 6.14. The first-order chi connectivity index (χ1) is 8.93. The largest absolute Gasteiger partial charge is 0.406 e. The van der Waals surface area contributed by atoms with Crippen LogP contribution in [0.2, 0.25) is 0 Å². The fraction of sp³-hybridized carbons (Fsp3) is 0.750. The molecule has 2 rings (SSSR count). The molecule has 1 aliphatic heterocycles. The summed E-state index contributed by atoms with van der Waals surface area (Å²) in [5, 5.41) is 14.2. The minimum atomic E-state index is -0.443. The molecule has 0 bridgehead atoms. The topological polar surface area (TPSA) is 82.2 Å². The van der Waals surface area contributed by atoms with Gasteiger partial charge in [0.1, 0.15) is 0 Å². The lowest BCUT2D eigenvalue weighted by Crippen LogP contribution is -2.33. The fourth-order valence-electron chi connectivity index (χ4n) is 2.26. The van der Waals surface area contributed by atoms with Crippen molar-refractivity contribution in [1.29, 1.82) is 0 Å². The van der Waals surface area contributed by atoms with Gasteiger partial charge >= 0.3 is 5.82 Å². The van der Waals surface area contributed by atoms with Gasteiger partial charge in [-0.1, -0.05) is 6.92 Å². The van der Waals surface area contributed by atoms with E-state index in [1.807, 2.05) is 0 Å². The van der Waals surface area contributed by atoms with E-state index in [1.54, 1.807) is 18.5 Å². The maximum absolute atomic E-state index is 11.0. The Hall–Kier alpha value is -1.63. The van der Waals surface area contributed by atoms with Crippen LogP contribution in [-0.4, -0.2) is 34.2 Å². The van der Waals surface area contributed by atoms with E-state index in [2.05, 4.69) is 17.2 Å². The van der Waals surface area contributed by atoms with E-state index in [0.29, 0.717) is 18.2 Å². The zero-order valence-corrected chi connectivity index (χ0v) is 11.6. The van der Waals surface area contributed by atoms with Crippen molar-refractivity contribution >= 4 is 11.6 Å². The molecular formula is C12H20N4O3. The Labute approximate surface area is 112 Å². The van der Waals surface area contributed by atoms with Crippen LogP contribution < -0.4 is 5.32 Å². The van der Waals surface area contributed by atoms with E-state index in [1.165, 1.54) is 0 Å². The minimum Gasteiger partial charge on any atom is -0.381 e. The first kappa shape index (κ1) is 13.8. The van der Waals surface area contributed by atoms with Crippen molar-refractivity contribution in [2.45, 2.75) is 26.7 Å². The summed E-state index contributed by atoms with van der Waals surface area (Å²) in [4.78, 5) is 14.5. The lowest BCUT2D eigenvalue weighted by atomic mass is 9.82. The summed E-state index contributed by atoms with van der Waals surface area (Å²) < 4.78 is 7.08. The molecule has 0 amide bonds. The molecule has 0 atom stereocenters. The summed E-state index contributed by atoms with van der Waals surface area (Å²) in [7, 11) is 1.78. The number of hydrogen-bond acceptors (Lipinski definition) is 5. The summed E-state index contributed by atoms with van der Waals surface area (Å²) in [6, 6.07) is 0. The lowest BCUT2D eigenvalue weighted by Gasteiger charge is -2.33. The third-order valence-electron chi connectivity index (χ3n) is 3.86. The molecule has 106 valence electrons. The lowest BCUT2D eigenvalue weighted by molar-refractivity contribution is -0.388. The van der Waals surface area contributed by atoms with Gasteiger partial charge in [-0.2, -0.15) is 0 Å². The van der Waals surface area contributed by atoms with Gasteiger partial charge in [0.15, 0.2) is 0 Å².